The first-order valence-electron chi connectivity index (χ1n) is 12.1. The third-order valence-corrected chi connectivity index (χ3v) is 6.05. The second kappa shape index (κ2) is 9.50. The first kappa shape index (κ1) is 25.3. The summed E-state index contributed by atoms with van der Waals surface area (Å²) in [7, 11) is 0. The van der Waals surface area contributed by atoms with E-state index in [9.17, 15) is 18.4 Å². The molecule has 4 heterocycles. The van der Waals surface area contributed by atoms with Gasteiger partial charge in [-0.25, -0.2) is 37.7 Å². The lowest BCUT2D eigenvalue weighted by molar-refractivity contribution is 0.0231. The molecule has 1 saturated heterocycles. The van der Waals surface area contributed by atoms with Crippen LogP contribution in [-0.4, -0.2) is 72.0 Å². The van der Waals surface area contributed by atoms with Crippen molar-refractivity contribution in [1.82, 2.24) is 34.1 Å². The van der Waals surface area contributed by atoms with E-state index in [1.54, 1.807) is 50.0 Å². The maximum Gasteiger partial charge on any atom is 0.410 e. The SMILES string of the molecule is C[C@H](Nc1ncnn2ccnc12)c1nc2c(F)ccc(F)c2c(=O)n1N1CCN(C(=O)OC(C)(C)C)CC1. The molecular weight excluding hydrogens is 500 g/mol. The first-order valence-corrected chi connectivity index (χ1v) is 12.1. The molecule has 3 aromatic heterocycles. The zero-order chi connectivity index (χ0) is 27.2. The molecule has 1 amide bonds. The van der Waals surface area contributed by atoms with E-state index in [0.717, 1.165) is 12.1 Å². The van der Waals surface area contributed by atoms with Gasteiger partial charge in [0.2, 0.25) is 0 Å². The maximum absolute atomic E-state index is 14.8. The van der Waals surface area contributed by atoms with Crippen LogP contribution in [0, 0.1) is 11.6 Å². The molecule has 1 fully saturated rings. The van der Waals surface area contributed by atoms with Gasteiger partial charge in [0.1, 0.15) is 34.5 Å². The molecular formula is C24H27F2N9O3. The number of nitrogens with zero attached hydrogens (tertiary/aromatic N) is 8. The van der Waals surface area contributed by atoms with Crippen molar-refractivity contribution in [3.8, 4) is 0 Å². The van der Waals surface area contributed by atoms with Crippen LogP contribution in [-0.2, 0) is 4.74 Å². The summed E-state index contributed by atoms with van der Waals surface area (Å²) in [4.78, 5) is 40.6. The minimum atomic E-state index is -0.873. The number of benzene rings is 1. The van der Waals surface area contributed by atoms with E-state index < -0.39 is 40.3 Å². The van der Waals surface area contributed by atoms with E-state index in [2.05, 4.69) is 25.4 Å². The van der Waals surface area contributed by atoms with Crippen molar-refractivity contribution >= 4 is 28.5 Å². The molecule has 0 aliphatic carbocycles. The van der Waals surface area contributed by atoms with Gasteiger partial charge in [-0.2, -0.15) is 5.10 Å². The molecule has 1 aliphatic heterocycles. The second-order valence-corrected chi connectivity index (χ2v) is 9.93. The molecule has 0 unspecified atom stereocenters. The summed E-state index contributed by atoms with van der Waals surface area (Å²) in [6.45, 7) is 8.06. The average molecular weight is 528 g/mol. The standard InChI is InChI=1S/C24H27F2N9O3/c1-14(30-19-21-27-7-8-34(21)29-13-28-19)20-31-18-16(26)6-5-15(25)17(18)22(36)35(20)33-11-9-32(10-12-33)23(37)38-24(2,3)4/h5-8,13-14H,9-12H2,1-4H3,(H,28,29,30)/t14-/m0/s1. The molecule has 38 heavy (non-hydrogen) atoms. The van der Waals surface area contributed by atoms with Crippen molar-refractivity contribution in [2.45, 2.75) is 39.3 Å². The van der Waals surface area contributed by atoms with Crippen LogP contribution >= 0.6 is 0 Å². The Hall–Kier alpha value is -4.36. The topological polar surface area (TPSA) is 123 Å². The molecule has 200 valence electrons. The number of piperazine rings is 1. The Labute approximate surface area is 215 Å². The fourth-order valence-corrected chi connectivity index (χ4v) is 4.31. The van der Waals surface area contributed by atoms with Gasteiger partial charge in [-0.1, -0.05) is 0 Å². The minimum absolute atomic E-state index is 0.140. The molecule has 12 nitrogen and oxygen atoms in total. The number of nitrogens with one attached hydrogen (secondary N) is 1. The van der Waals surface area contributed by atoms with Crippen LogP contribution in [0.2, 0.25) is 0 Å². The van der Waals surface area contributed by atoms with Gasteiger partial charge >= 0.3 is 6.09 Å². The van der Waals surface area contributed by atoms with Gasteiger partial charge in [-0.15, -0.1) is 0 Å². The number of hydrogen-bond acceptors (Lipinski definition) is 9. The van der Waals surface area contributed by atoms with Gasteiger partial charge in [0.05, 0.1) is 19.1 Å². The Morgan fingerprint density at radius 1 is 1.11 bits per heavy atom. The third-order valence-electron chi connectivity index (χ3n) is 6.05. The Balaban J connectivity index is 1.53. The zero-order valence-electron chi connectivity index (χ0n) is 21.4. The Morgan fingerprint density at radius 3 is 2.53 bits per heavy atom. The van der Waals surface area contributed by atoms with E-state index in [1.165, 1.54) is 15.5 Å². The highest BCUT2D eigenvalue weighted by Gasteiger charge is 2.30. The van der Waals surface area contributed by atoms with Gasteiger partial charge in [-0.05, 0) is 39.8 Å². The quantitative estimate of drug-likeness (QED) is 0.426. The van der Waals surface area contributed by atoms with Gasteiger partial charge in [0.25, 0.3) is 5.56 Å². The number of aromatic nitrogens is 6. The summed E-state index contributed by atoms with van der Waals surface area (Å²) < 4.78 is 37.7. The summed E-state index contributed by atoms with van der Waals surface area (Å²) in [5, 5.41) is 8.46. The predicted molar refractivity (Wildman–Crippen MR) is 134 cm³/mol. The highest BCUT2D eigenvalue weighted by molar-refractivity contribution is 5.79. The van der Waals surface area contributed by atoms with E-state index >= 15 is 0 Å². The summed E-state index contributed by atoms with van der Waals surface area (Å²) in [5.74, 6) is -1.18. The van der Waals surface area contributed by atoms with Crippen molar-refractivity contribution in [1.29, 1.82) is 0 Å². The highest BCUT2D eigenvalue weighted by atomic mass is 19.1. The smallest absolute Gasteiger partial charge is 0.410 e. The van der Waals surface area contributed by atoms with Crippen molar-refractivity contribution in [2.24, 2.45) is 0 Å². The van der Waals surface area contributed by atoms with Crippen molar-refractivity contribution in [2.75, 3.05) is 36.5 Å². The van der Waals surface area contributed by atoms with Crippen molar-refractivity contribution < 1.29 is 18.3 Å². The van der Waals surface area contributed by atoms with Crippen LogP contribution in [0.4, 0.5) is 19.4 Å². The van der Waals surface area contributed by atoms with E-state index in [0.29, 0.717) is 11.5 Å². The maximum atomic E-state index is 14.8. The largest absolute Gasteiger partial charge is 0.444 e. The number of imidazole rings is 1. The summed E-state index contributed by atoms with van der Waals surface area (Å²) in [5.41, 5.74) is -1.33. The number of carbonyl (C=O) groups is 1. The molecule has 0 spiro atoms. The molecule has 1 aromatic carbocycles. The Bertz CT molecular complexity index is 1570. The third kappa shape index (κ3) is 4.68. The van der Waals surface area contributed by atoms with Gasteiger partial charge in [0.15, 0.2) is 17.3 Å². The van der Waals surface area contributed by atoms with Gasteiger partial charge < -0.3 is 20.0 Å². The van der Waals surface area contributed by atoms with E-state index in [1.807, 2.05) is 0 Å². The molecule has 1 atom stereocenters. The molecule has 0 saturated carbocycles. The Morgan fingerprint density at radius 2 is 1.82 bits per heavy atom. The number of hydrogen-bond donors (Lipinski definition) is 1. The number of ether oxygens (including phenoxy) is 1. The second-order valence-electron chi connectivity index (χ2n) is 9.93. The van der Waals surface area contributed by atoms with Crippen LogP contribution in [0.1, 0.15) is 39.6 Å². The Kier molecular flexibility index (Phi) is 6.33. The van der Waals surface area contributed by atoms with Crippen LogP contribution in [0.25, 0.3) is 16.6 Å². The summed E-state index contributed by atoms with van der Waals surface area (Å²) in [6, 6.07) is 1.16. The molecule has 5 rings (SSSR count). The highest BCUT2D eigenvalue weighted by Crippen LogP contribution is 2.23. The van der Waals surface area contributed by atoms with Crippen LogP contribution in [0.5, 0.6) is 0 Å². The van der Waals surface area contributed by atoms with Crippen LogP contribution in [0.3, 0.4) is 0 Å². The van der Waals surface area contributed by atoms with E-state index in [-0.39, 0.29) is 37.5 Å². The lowest BCUT2D eigenvalue weighted by atomic mass is 10.2. The molecule has 1 aliphatic rings. The number of anilines is 1. The summed E-state index contributed by atoms with van der Waals surface area (Å²) in [6.07, 6.45) is 4.10. The molecule has 0 bridgehead atoms. The normalized spacial score (nSPS) is 15.2. The number of rotatable bonds is 4. The molecule has 4 aromatic rings. The van der Waals surface area contributed by atoms with Gasteiger partial charge in [-0.3, -0.25) is 4.79 Å². The number of halogens is 2. The van der Waals surface area contributed by atoms with Crippen LogP contribution in [0.15, 0.2) is 35.6 Å². The fourth-order valence-electron chi connectivity index (χ4n) is 4.31. The number of amides is 1. The lowest BCUT2D eigenvalue weighted by Crippen LogP contribution is -2.57. The summed E-state index contributed by atoms with van der Waals surface area (Å²) >= 11 is 0. The molecule has 0 radical (unpaired) electrons. The molecule has 1 N–H and O–H groups in total. The molecule has 14 heteroatoms. The number of carbonyl (C=O) groups excluding carboxylic acids is 1. The van der Waals surface area contributed by atoms with Crippen molar-refractivity contribution in [3.63, 3.8) is 0 Å². The first-order chi connectivity index (χ1) is 18.0. The van der Waals surface area contributed by atoms with E-state index in [4.69, 9.17) is 4.74 Å². The fraction of sp³-hybridized carbons (Fsp3) is 0.417. The zero-order valence-corrected chi connectivity index (χ0v) is 21.4. The van der Waals surface area contributed by atoms with Crippen molar-refractivity contribution in [3.05, 3.63) is 58.7 Å². The minimum Gasteiger partial charge on any atom is -0.444 e. The monoisotopic (exact) mass is 527 g/mol. The lowest BCUT2D eigenvalue weighted by Gasteiger charge is -2.38. The average Bonchev–Trinajstić information content (AvgIpc) is 3.35. The number of fused-ring (bicyclic) bond motifs is 2. The predicted octanol–water partition coefficient (Wildman–Crippen LogP) is 2.47. The van der Waals surface area contributed by atoms with Crippen LogP contribution < -0.4 is 15.9 Å². The van der Waals surface area contributed by atoms with Gasteiger partial charge in [0, 0.05) is 25.5 Å².